The Labute approximate surface area is 126 Å². The van der Waals surface area contributed by atoms with Gasteiger partial charge in [0.1, 0.15) is 5.75 Å². The van der Waals surface area contributed by atoms with Crippen LogP contribution in [0.3, 0.4) is 0 Å². The molecule has 6 heteroatoms. The molecule has 22 heavy (non-hydrogen) atoms. The molecule has 1 aromatic carbocycles. The molecule has 0 spiro atoms. The van der Waals surface area contributed by atoms with E-state index in [9.17, 15) is 9.90 Å². The molecular weight excluding hydrogens is 282 g/mol. The number of phenolic OH excluding ortho intramolecular Hbond substituents is 1. The Balaban J connectivity index is 2.17. The van der Waals surface area contributed by atoms with Gasteiger partial charge in [-0.15, -0.1) is 0 Å². The molecule has 0 aliphatic heterocycles. The average Bonchev–Trinajstić information content (AvgIpc) is 2.89. The van der Waals surface area contributed by atoms with E-state index in [1.54, 1.807) is 29.1 Å². The van der Waals surface area contributed by atoms with Gasteiger partial charge in [0.15, 0.2) is 5.82 Å². The minimum atomic E-state index is -1.02. The van der Waals surface area contributed by atoms with Gasteiger partial charge in [-0.25, -0.2) is 14.5 Å². The molecule has 0 amide bonds. The standard InChI is InChI=1S/C16H13N3O3/c1-10-9-18-19(14-8-12(16(21)22)5-6-17-14)15(10)11-3-2-4-13(20)7-11/h2-9,20H,1H3,(H,21,22). The SMILES string of the molecule is Cc1cnn(-c2cc(C(=O)O)ccn2)c1-c1cccc(O)c1. The summed E-state index contributed by atoms with van der Waals surface area (Å²) >= 11 is 0. The van der Waals surface area contributed by atoms with Crippen LogP contribution in [0, 0.1) is 6.92 Å². The second kappa shape index (κ2) is 5.33. The van der Waals surface area contributed by atoms with Gasteiger partial charge in [0.25, 0.3) is 0 Å². The Hall–Kier alpha value is -3.15. The average molecular weight is 295 g/mol. The zero-order chi connectivity index (χ0) is 15.7. The molecule has 6 nitrogen and oxygen atoms in total. The highest BCUT2D eigenvalue weighted by atomic mass is 16.4. The van der Waals surface area contributed by atoms with Crippen molar-refractivity contribution < 1.29 is 15.0 Å². The third-order valence-electron chi connectivity index (χ3n) is 3.28. The van der Waals surface area contributed by atoms with E-state index in [-0.39, 0.29) is 11.3 Å². The lowest BCUT2D eigenvalue weighted by molar-refractivity contribution is 0.0696. The maximum absolute atomic E-state index is 11.1. The number of phenols is 1. The lowest BCUT2D eigenvalue weighted by Crippen LogP contribution is -2.05. The summed E-state index contributed by atoms with van der Waals surface area (Å²) in [5.74, 6) is -0.463. The van der Waals surface area contributed by atoms with Gasteiger partial charge in [0, 0.05) is 11.8 Å². The number of aromatic nitrogens is 3. The normalized spacial score (nSPS) is 10.6. The van der Waals surface area contributed by atoms with E-state index in [0.29, 0.717) is 5.82 Å². The van der Waals surface area contributed by atoms with Crippen LogP contribution in [0.25, 0.3) is 17.1 Å². The highest BCUT2D eigenvalue weighted by Gasteiger charge is 2.14. The second-order valence-electron chi connectivity index (χ2n) is 4.85. The molecule has 0 bridgehead atoms. The predicted octanol–water partition coefficient (Wildman–Crippen LogP) is 2.65. The van der Waals surface area contributed by atoms with Crippen LogP contribution in [0.4, 0.5) is 0 Å². The molecule has 2 aromatic heterocycles. The summed E-state index contributed by atoms with van der Waals surface area (Å²) in [6, 6.07) is 9.69. The van der Waals surface area contributed by atoms with Gasteiger partial charge in [0.05, 0.1) is 17.5 Å². The topological polar surface area (TPSA) is 88.2 Å². The molecule has 3 rings (SSSR count). The fourth-order valence-corrected chi connectivity index (χ4v) is 2.27. The molecule has 2 heterocycles. The number of carbonyl (C=O) groups is 1. The summed E-state index contributed by atoms with van der Waals surface area (Å²) < 4.78 is 1.57. The number of carboxylic acids is 1. The maximum atomic E-state index is 11.1. The van der Waals surface area contributed by atoms with Crippen LogP contribution in [0.2, 0.25) is 0 Å². The fraction of sp³-hybridized carbons (Fsp3) is 0.0625. The zero-order valence-electron chi connectivity index (χ0n) is 11.8. The Kier molecular flexibility index (Phi) is 3.34. The minimum Gasteiger partial charge on any atom is -0.508 e. The van der Waals surface area contributed by atoms with Gasteiger partial charge in [-0.2, -0.15) is 5.10 Å². The van der Waals surface area contributed by atoms with Crippen molar-refractivity contribution in [1.29, 1.82) is 0 Å². The van der Waals surface area contributed by atoms with Crippen molar-refractivity contribution in [2.24, 2.45) is 0 Å². The van der Waals surface area contributed by atoms with Crippen LogP contribution < -0.4 is 0 Å². The number of carboxylic acid groups (broad SMARTS) is 1. The van der Waals surface area contributed by atoms with Crippen LogP contribution in [-0.4, -0.2) is 30.9 Å². The fourth-order valence-electron chi connectivity index (χ4n) is 2.27. The first kappa shape index (κ1) is 13.8. The van der Waals surface area contributed by atoms with Crippen LogP contribution >= 0.6 is 0 Å². The molecule has 0 fully saturated rings. The van der Waals surface area contributed by atoms with Gasteiger partial charge in [-0.3, -0.25) is 0 Å². The second-order valence-corrected chi connectivity index (χ2v) is 4.85. The molecule has 0 aliphatic rings. The summed E-state index contributed by atoms with van der Waals surface area (Å²) in [5.41, 5.74) is 2.57. The van der Waals surface area contributed by atoms with E-state index in [4.69, 9.17) is 5.11 Å². The molecule has 110 valence electrons. The maximum Gasteiger partial charge on any atom is 0.335 e. The summed E-state index contributed by atoms with van der Waals surface area (Å²) in [7, 11) is 0. The number of hydrogen-bond acceptors (Lipinski definition) is 4. The Morgan fingerprint density at radius 1 is 1.23 bits per heavy atom. The van der Waals surface area contributed by atoms with Gasteiger partial charge in [0.2, 0.25) is 0 Å². The third-order valence-corrected chi connectivity index (χ3v) is 3.28. The van der Waals surface area contributed by atoms with E-state index in [2.05, 4.69) is 10.1 Å². The monoisotopic (exact) mass is 295 g/mol. The summed E-state index contributed by atoms with van der Waals surface area (Å²) in [6.45, 7) is 1.89. The smallest absolute Gasteiger partial charge is 0.335 e. The third kappa shape index (κ3) is 2.42. The first-order valence-corrected chi connectivity index (χ1v) is 6.60. The van der Waals surface area contributed by atoms with Crippen molar-refractivity contribution in [1.82, 2.24) is 14.8 Å². The van der Waals surface area contributed by atoms with Gasteiger partial charge >= 0.3 is 5.97 Å². The molecule has 0 unspecified atom stereocenters. The quantitative estimate of drug-likeness (QED) is 0.775. The molecular formula is C16H13N3O3. The lowest BCUT2D eigenvalue weighted by Gasteiger charge is -2.09. The lowest BCUT2D eigenvalue weighted by atomic mass is 10.1. The van der Waals surface area contributed by atoms with Crippen molar-refractivity contribution in [3.8, 4) is 22.8 Å². The Morgan fingerprint density at radius 2 is 2.05 bits per heavy atom. The number of benzene rings is 1. The van der Waals surface area contributed by atoms with E-state index < -0.39 is 5.97 Å². The highest BCUT2D eigenvalue weighted by Crippen LogP contribution is 2.28. The van der Waals surface area contributed by atoms with Gasteiger partial charge in [-0.05, 0) is 36.8 Å². The van der Waals surface area contributed by atoms with Gasteiger partial charge in [-0.1, -0.05) is 12.1 Å². The number of aryl methyl sites for hydroxylation is 1. The molecule has 0 atom stereocenters. The zero-order valence-corrected chi connectivity index (χ0v) is 11.8. The van der Waals surface area contributed by atoms with Gasteiger partial charge < -0.3 is 10.2 Å². The van der Waals surface area contributed by atoms with Crippen LogP contribution in [0.1, 0.15) is 15.9 Å². The number of aromatic hydroxyl groups is 1. The molecule has 0 radical (unpaired) electrons. The van der Waals surface area contributed by atoms with Crippen LogP contribution in [0.15, 0.2) is 48.8 Å². The van der Waals surface area contributed by atoms with E-state index in [1.165, 1.54) is 18.3 Å². The molecule has 0 saturated carbocycles. The summed E-state index contributed by atoms with van der Waals surface area (Å²) in [5, 5.41) is 23.0. The number of nitrogens with zero attached hydrogens (tertiary/aromatic N) is 3. The molecule has 3 aromatic rings. The van der Waals surface area contributed by atoms with Crippen molar-refractivity contribution in [3.05, 3.63) is 59.9 Å². The number of rotatable bonds is 3. The van der Waals surface area contributed by atoms with Crippen LogP contribution in [0.5, 0.6) is 5.75 Å². The van der Waals surface area contributed by atoms with E-state index in [1.807, 2.05) is 13.0 Å². The Bertz CT molecular complexity index is 855. The first-order valence-electron chi connectivity index (χ1n) is 6.60. The summed E-state index contributed by atoms with van der Waals surface area (Å²) in [6.07, 6.45) is 3.11. The number of pyridine rings is 1. The Morgan fingerprint density at radius 3 is 2.77 bits per heavy atom. The van der Waals surface area contributed by atoms with E-state index in [0.717, 1.165) is 16.8 Å². The largest absolute Gasteiger partial charge is 0.508 e. The van der Waals surface area contributed by atoms with Crippen molar-refractivity contribution in [3.63, 3.8) is 0 Å². The molecule has 2 N–H and O–H groups in total. The van der Waals surface area contributed by atoms with Crippen molar-refractivity contribution in [2.45, 2.75) is 6.92 Å². The summed E-state index contributed by atoms with van der Waals surface area (Å²) in [4.78, 5) is 15.3. The van der Waals surface area contributed by atoms with Crippen LogP contribution in [-0.2, 0) is 0 Å². The molecule has 0 aliphatic carbocycles. The van der Waals surface area contributed by atoms with Crippen molar-refractivity contribution in [2.75, 3.05) is 0 Å². The first-order chi connectivity index (χ1) is 10.6. The number of hydrogen-bond donors (Lipinski definition) is 2. The van der Waals surface area contributed by atoms with Crippen molar-refractivity contribution >= 4 is 5.97 Å². The highest BCUT2D eigenvalue weighted by molar-refractivity contribution is 5.88. The minimum absolute atomic E-state index is 0.139. The number of aromatic carboxylic acids is 1. The van der Waals surface area contributed by atoms with E-state index >= 15 is 0 Å². The predicted molar refractivity (Wildman–Crippen MR) is 80.2 cm³/mol. The molecule has 0 saturated heterocycles.